The van der Waals surface area contributed by atoms with E-state index in [0.29, 0.717) is 32.8 Å². The van der Waals surface area contributed by atoms with Gasteiger partial charge in [0.1, 0.15) is 9.84 Å². The average Bonchev–Trinajstić information content (AvgIpc) is 3.44. The van der Waals surface area contributed by atoms with Gasteiger partial charge in [-0.3, -0.25) is 14.9 Å². The molecule has 1 aromatic carbocycles. The number of amides is 1. The summed E-state index contributed by atoms with van der Waals surface area (Å²) in [6.07, 6.45) is 1.35. The lowest BCUT2D eigenvalue weighted by molar-refractivity contribution is -0.115. The molecule has 10 heteroatoms. The van der Waals surface area contributed by atoms with E-state index >= 15 is 0 Å². The summed E-state index contributed by atoms with van der Waals surface area (Å²) in [5.41, 5.74) is 2.93. The first-order chi connectivity index (χ1) is 15.9. The zero-order chi connectivity index (χ0) is 23.5. The Morgan fingerprint density at radius 3 is 2.58 bits per heavy atom. The van der Waals surface area contributed by atoms with Crippen molar-refractivity contribution in [2.75, 3.05) is 5.32 Å². The lowest BCUT2D eigenvalue weighted by atomic mass is 9.99. The van der Waals surface area contributed by atoms with Crippen molar-refractivity contribution >= 4 is 55.7 Å². The zero-order valence-corrected chi connectivity index (χ0v) is 21.3. The highest BCUT2D eigenvalue weighted by molar-refractivity contribution is 8.00. The number of aromatic amines is 1. The maximum atomic E-state index is 13.0. The lowest BCUT2D eigenvalue weighted by Crippen LogP contribution is -2.25. The van der Waals surface area contributed by atoms with E-state index in [1.807, 2.05) is 31.4 Å². The Bertz CT molecular complexity index is 1320. The molecule has 4 rings (SSSR count). The van der Waals surface area contributed by atoms with Gasteiger partial charge in [0.25, 0.3) is 5.56 Å². The molecular weight excluding hydrogens is 474 g/mol. The van der Waals surface area contributed by atoms with Crippen molar-refractivity contribution < 1.29 is 4.79 Å². The summed E-state index contributed by atoms with van der Waals surface area (Å²) >= 11 is 4.06. The number of H-pyrrole nitrogens is 1. The normalized spacial score (nSPS) is 12.4. The molecule has 3 heterocycles. The number of rotatable bonds is 8. The molecule has 0 spiro atoms. The number of anilines is 1. The Kier molecular flexibility index (Phi) is 7.26. The van der Waals surface area contributed by atoms with Gasteiger partial charge < -0.3 is 4.98 Å². The monoisotopic (exact) mass is 499 g/mol. The van der Waals surface area contributed by atoms with Crippen LogP contribution in [0.15, 0.2) is 39.6 Å². The second-order valence-corrected chi connectivity index (χ2v) is 10.9. The Balaban J connectivity index is 1.56. The maximum absolute atomic E-state index is 13.0. The molecule has 0 aliphatic carbocycles. The van der Waals surface area contributed by atoms with Gasteiger partial charge in [-0.1, -0.05) is 75.1 Å². The molecule has 4 aromatic rings. The number of thiophene rings is 1. The van der Waals surface area contributed by atoms with Gasteiger partial charge in [-0.25, -0.2) is 4.98 Å². The molecule has 0 saturated carbocycles. The van der Waals surface area contributed by atoms with Gasteiger partial charge in [-0.2, -0.15) is 0 Å². The first-order valence-electron chi connectivity index (χ1n) is 10.8. The quantitative estimate of drug-likeness (QED) is 0.238. The number of nitrogens with zero attached hydrogens (tertiary/aromatic N) is 3. The highest BCUT2D eigenvalue weighted by atomic mass is 32.2. The Labute approximate surface area is 204 Å². The van der Waals surface area contributed by atoms with Crippen LogP contribution in [-0.2, 0) is 11.2 Å². The van der Waals surface area contributed by atoms with E-state index in [-0.39, 0.29) is 11.5 Å². The fraction of sp³-hybridized carbons (Fsp3) is 0.348. The van der Waals surface area contributed by atoms with Crippen LogP contribution in [0, 0.1) is 0 Å². The van der Waals surface area contributed by atoms with Gasteiger partial charge in [0.2, 0.25) is 11.0 Å². The van der Waals surface area contributed by atoms with E-state index < -0.39 is 5.25 Å². The molecule has 7 nitrogen and oxygen atoms in total. The van der Waals surface area contributed by atoms with Crippen LogP contribution in [-0.4, -0.2) is 31.3 Å². The number of nitrogens with one attached hydrogen (secondary N) is 2. The fourth-order valence-corrected chi connectivity index (χ4v) is 5.92. The van der Waals surface area contributed by atoms with Gasteiger partial charge in [0.05, 0.1) is 10.6 Å². The summed E-state index contributed by atoms with van der Waals surface area (Å²) in [7, 11) is 0. The van der Waals surface area contributed by atoms with Crippen LogP contribution < -0.4 is 10.9 Å². The van der Waals surface area contributed by atoms with E-state index in [2.05, 4.69) is 51.5 Å². The van der Waals surface area contributed by atoms with Crippen LogP contribution in [0.4, 0.5) is 5.13 Å². The molecule has 1 unspecified atom stereocenters. The topological polar surface area (TPSA) is 101 Å². The zero-order valence-electron chi connectivity index (χ0n) is 18.8. The smallest absolute Gasteiger partial charge is 0.260 e. The second kappa shape index (κ2) is 10.1. The van der Waals surface area contributed by atoms with Crippen molar-refractivity contribution in [1.82, 2.24) is 20.2 Å². The summed E-state index contributed by atoms with van der Waals surface area (Å²) in [5.74, 6) is 0.272. The van der Waals surface area contributed by atoms with Crippen LogP contribution in [0.25, 0.3) is 21.3 Å². The summed E-state index contributed by atoms with van der Waals surface area (Å²) in [5, 5.41) is 14.8. The van der Waals surface area contributed by atoms with Crippen LogP contribution in [0.2, 0.25) is 0 Å². The number of aromatic nitrogens is 4. The number of hydrogen-bond donors (Lipinski definition) is 2. The van der Waals surface area contributed by atoms with Gasteiger partial charge in [-0.15, -0.1) is 21.5 Å². The molecule has 1 atom stereocenters. The van der Waals surface area contributed by atoms with Crippen molar-refractivity contribution in [1.29, 1.82) is 0 Å². The van der Waals surface area contributed by atoms with Crippen LogP contribution >= 0.6 is 34.4 Å². The molecule has 172 valence electrons. The number of aryl methyl sites for hydroxylation is 1. The molecule has 0 fully saturated rings. The molecule has 0 aliphatic rings. The fourth-order valence-electron chi connectivity index (χ4n) is 3.33. The Morgan fingerprint density at radius 2 is 1.94 bits per heavy atom. The molecule has 0 saturated heterocycles. The van der Waals surface area contributed by atoms with E-state index in [9.17, 15) is 9.59 Å². The lowest BCUT2D eigenvalue weighted by Gasteiger charge is -2.12. The minimum atomic E-state index is -0.414. The molecule has 0 aliphatic heterocycles. The predicted molar refractivity (Wildman–Crippen MR) is 138 cm³/mol. The summed E-state index contributed by atoms with van der Waals surface area (Å²) in [6.45, 7) is 8.23. The number of carbonyl (C=O) groups excluding carboxylic acids is 1. The number of thioether (sulfide) groups is 1. The van der Waals surface area contributed by atoms with Gasteiger partial charge >= 0.3 is 0 Å². The third kappa shape index (κ3) is 5.18. The summed E-state index contributed by atoms with van der Waals surface area (Å²) in [4.78, 5) is 33.9. The number of benzene rings is 1. The Hall–Kier alpha value is -2.56. The third-order valence-corrected chi connectivity index (χ3v) is 8.33. The van der Waals surface area contributed by atoms with Crippen molar-refractivity contribution in [2.45, 2.75) is 56.9 Å². The second-order valence-electron chi connectivity index (χ2n) is 7.84. The van der Waals surface area contributed by atoms with E-state index in [1.165, 1.54) is 40.0 Å². The van der Waals surface area contributed by atoms with Crippen LogP contribution in [0.1, 0.15) is 50.6 Å². The van der Waals surface area contributed by atoms with Crippen molar-refractivity contribution in [2.24, 2.45) is 0 Å². The minimum absolute atomic E-state index is 0.179. The van der Waals surface area contributed by atoms with Gasteiger partial charge in [0.15, 0.2) is 5.16 Å². The number of hydrogen-bond acceptors (Lipinski definition) is 8. The molecular formula is C23H25N5O2S3. The molecule has 1 amide bonds. The highest BCUT2D eigenvalue weighted by Crippen LogP contribution is 2.33. The molecule has 33 heavy (non-hydrogen) atoms. The van der Waals surface area contributed by atoms with Gasteiger partial charge in [-0.05, 0) is 29.9 Å². The van der Waals surface area contributed by atoms with Crippen LogP contribution in [0.5, 0.6) is 0 Å². The highest BCUT2D eigenvalue weighted by Gasteiger charge is 2.22. The molecule has 0 bridgehead atoms. The third-order valence-electron chi connectivity index (χ3n) is 5.23. The Morgan fingerprint density at radius 1 is 1.18 bits per heavy atom. The molecule has 0 radical (unpaired) electrons. The van der Waals surface area contributed by atoms with E-state index in [0.717, 1.165) is 22.6 Å². The van der Waals surface area contributed by atoms with Crippen LogP contribution in [0.3, 0.4) is 0 Å². The number of fused-ring (bicyclic) bond motifs is 1. The maximum Gasteiger partial charge on any atom is 0.260 e. The SMILES string of the molecule is CCc1nnc(NC(=O)C(CC)Sc2nc3scc(-c4ccc(C(C)C)cc4)c3c(=O)[nH]2)s1. The van der Waals surface area contributed by atoms with Crippen molar-refractivity contribution in [3.63, 3.8) is 0 Å². The molecule has 3 aromatic heterocycles. The largest absolute Gasteiger partial charge is 0.301 e. The standard InChI is InChI=1S/C23H25N5O2S3/c1-5-16(19(29)24-23-28-27-17(6-2)33-23)32-22-25-20(30)18-15(11-31-21(18)26-22)14-9-7-13(8-10-14)12(3)4/h7-12,16H,5-6H2,1-4H3,(H,24,28,29)(H,25,26,30). The first kappa shape index (κ1) is 23.6. The summed E-state index contributed by atoms with van der Waals surface area (Å²) in [6, 6.07) is 8.30. The van der Waals surface area contributed by atoms with E-state index in [4.69, 9.17) is 0 Å². The molecule has 2 N–H and O–H groups in total. The van der Waals surface area contributed by atoms with Crippen molar-refractivity contribution in [3.05, 3.63) is 50.6 Å². The minimum Gasteiger partial charge on any atom is -0.301 e. The summed E-state index contributed by atoms with van der Waals surface area (Å²) < 4.78 is 0. The first-order valence-corrected chi connectivity index (χ1v) is 13.4. The number of carbonyl (C=O) groups is 1. The van der Waals surface area contributed by atoms with Gasteiger partial charge in [0, 0.05) is 10.9 Å². The average molecular weight is 500 g/mol. The van der Waals surface area contributed by atoms with Crippen molar-refractivity contribution in [3.8, 4) is 11.1 Å². The van der Waals surface area contributed by atoms with E-state index in [1.54, 1.807) is 0 Å². The predicted octanol–water partition coefficient (Wildman–Crippen LogP) is 5.70.